The molecule has 0 saturated heterocycles. The first-order valence-corrected chi connectivity index (χ1v) is 11.6. The van der Waals surface area contributed by atoms with Crippen molar-refractivity contribution in [2.24, 2.45) is 0 Å². The molecule has 1 aromatic rings. The van der Waals surface area contributed by atoms with Crippen LogP contribution < -0.4 is 4.16 Å². The van der Waals surface area contributed by atoms with Crippen LogP contribution in [-0.2, 0) is 15.0 Å². The van der Waals surface area contributed by atoms with Gasteiger partial charge in [0, 0.05) is 0 Å². The molecule has 0 heterocycles. The molecule has 0 fully saturated rings. The Balaban J connectivity index is 2.85. The van der Waals surface area contributed by atoms with Gasteiger partial charge in [0.2, 0.25) is 0 Å². The van der Waals surface area contributed by atoms with Gasteiger partial charge in [0.15, 0.2) is 0 Å². The van der Waals surface area contributed by atoms with Crippen molar-refractivity contribution in [3.05, 3.63) is 30.3 Å². The monoisotopic (exact) mass is 191 g/mol. The predicted molar refractivity (Wildman–Crippen MR) is 37.8 cm³/mol. The molecule has 0 nitrogen and oxygen atoms in total. The first kappa shape index (κ1) is 7.24. The molecule has 1 aromatic carbocycles. The fraction of sp³-hybridized carbons (Fsp3) is 0.143. The molecule has 0 radical (unpaired) electrons. The normalized spacial score (nSPS) is 9.11. The molecule has 9 heavy (non-hydrogen) atoms. The van der Waals surface area contributed by atoms with Crippen LogP contribution in [0.4, 0.5) is 0 Å². The zero-order valence-corrected chi connectivity index (χ0v) is 9.19. The summed E-state index contributed by atoms with van der Waals surface area (Å²) in [5, 5.41) is 0. The Labute approximate surface area is 64.8 Å². The van der Waals surface area contributed by atoms with Gasteiger partial charge >= 0.3 is 64.7 Å². The molecule has 0 N–H and O–H groups in total. The molecule has 0 atom stereocenters. The summed E-state index contributed by atoms with van der Waals surface area (Å²) in [6.07, 6.45) is 0. The SMILES string of the molecule is [CH3][Zn]([Cl])[c]1ccccc1. The quantitative estimate of drug-likeness (QED) is 0.599. The molecule has 2 heteroatoms. The van der Waals surface area contributed by atoms with E-state index < -0.39 is 15.0 Å². The number of hydrogen-bond donors (Lipinski definition) is 0. The van der Waals surface area contributed by atoms with Gasteiger partial charge in [-0.3, -0.25) is 0 Å². The van der Waals surface area contributed by atoms with Crippen molar-refractivity contribution >= 4 is 13.8 Å². The summed E-state index contributed by atoms with van der Waals surface area (Å²) < 4.78 is 1.39. The third kappa shape index (κ3) is 2.08. The number of hydrogen-bond acceptors (Lipinski definition) is 0. The third-order valence-corrected chi connectivity index (χ3v) is 6.36. The standard InChI is InChI=1S/C6H5.CH3.ClH.Zn/c1-2-4-6-5-3-1;;;/h1-5H;1H3;1H;/q;;;+1/p-1. The van der Waals surface area contributed by atoms with Crippen LogP contribution in [-0.4, -0.2) is 0 Å². The van der Waals surface area contributed by atoms with Gasteiger partial charge in [0.25, 0.3) is 0 Å². The average Bonchev–Trinajstić information content (AvgIpc) is 1.90. The van der Waals surface area contributed by atoms with Gasteiger partial charge in [0.05, 0.1) is 0 Å². The second-order valence-corrected chi connectivity index (χ2v) is 11.3. The van der Waals surface area contributed by atoms with Crippen molar-refractivity contribution in [2.45, 2.75) is 5.52 Å². The molecule has 0 aromatic heterocycles. The van der Waals surface area contributed by atoms with Gasteiger partial charge in [0.1, 0.15) is 0 Å². The molecule has 45 valence electrons. The second-order valence-electron chi connectivity index (χ2n) is 2.24. The van der Waals surface area contributed by atoms with Crippen molar-refractivity contribution < 1.29 is 15.0 Å². The third-order valence-electron chi connectivity index (χ3n) is 1.41. The van der Waals surface area contributed by atoms with Crippen LogP contribution in [0.5, 0.6) is 0 Å². The van der Waals surface area contributed by atoms with Gasteiger partial charge in [-0.15, -0.1) is 0 Å². The molecule has 0 spiro atoms. The molecule has 0 unspecified atom stereocenters. The van der Waals surface area contributed by atoms with Crippen molar-refractivity contribution in [2.75, 3.05) is 0 Å². The molecule has 0 aliphatic rings. The van der Waals surface area contributed by atoms with E-state index in [9.17, 15) is 0 Å². The maximum atomic E-state index is 6.01. The fourth-order valence-corrected chi connectivity index (χ4v) is 3.66. The van der Waals surface area contributed by atoms with Crippen molar-refractivity contribution in [3.8, 4) is 0 Å². The first-order chi connectivity index (χ1) is 4.30. The van der Waals surface area contributed by atoms with Gasteiger partial charge in [-0.2, -0.15) is 0 Å². The first-order valence-electron chi connectivity index (χ1n) is 3.24. The minimum atomic E-state index is -1.65. The Morgan fingerprint density at radius 3 is 2.11 bits per heavy atom. The van der Waals surface area contributed by atoms with Crippen LogP contribution in [0.25, 0.3) is 0 Å². The summed E-state index contributed by atoms with van der Waals surface area (Å²) in [5.74, 6) is 0. The van der Waals surface area contributed by atoms with E-state index in [0.29, 0.717) is 0 Å². The van der Waals surface area contributed by atoms with Crippen LogP contribution in [0.2, 0.25) is 5.52 Å². The molecular weight excluding hydrogens is 185 g/mol. The zero-order chi connectivity index (χ0) is 6.69. The van der Waals surface area contributed by atoms with E-state index in [2.05, 4.69) is 17.7 Å². The predicted octanol–water partition coefficient (Wildman–Crippen LogP) is 2.13. The zero-order valence-electron chi connectivity index (χ0n) is 5.47. The van der Waals surface area contributed by atoms with E-state index in [4.69, 9.17) is 9.69 Å². The van der Waals surface area contributed by atoms with Gasteiger partial charge in [-0.1, -0.05) is 0 Å². The van der Waals surface area contributed by atoms with Crippen LogP contribution in [0.3, 0.4) is 0 Å². The minimum absolute atomic E-state index is 1.39. The van der Waals surface area contributed by atoms with Crippen molar-refractivity contribution in [3.63, 3.8) is 0 Å². The average molecular weight is 193 g/mol. The molecule has 0 aliphatic carbocycles. The van der Waals surface area contributed by atoms with Crippen LogP contribution >= 0.6 is 9.69 Å². The molecule has 0 amide bonds. The summed E-state index contributed by atoms with van der Waals surface area (Å²) >= 11 is -1.65. The Bertz CT molecular complexity index is 172. The molecule has 1 rings (SSSR count). The van der Waals surface area contributed by atoms with Crippen LogP contribution in [0.1, 0.15) is 0 Å². The topological polar surface area (TPSA) is 0 Å². The second kappa shape index (κ2) is 3.34. The summed E-state index contributed by atoms with van der Waals surface area (Å²) in [5.41, 5.74) is 2.18. The van der Waals surface area contributed by atoms with Crippen LogP contribution in [0, 0.1) is 0 Å². The summed E-state index contributed by atoms with van der Waals surface area (Å²) in [6.45, 7) is 0. The van der Waals surface area contributed by atoms with E-state index in [-0.39, 0.29) is 0 Å². The molecule has 0 saturated carbocycles. The number of halogens is 1. The molecule has 0 bridgehead atoms. The summed E-state index contributed by atoms with van der Waals surface area (Å²) in [7, 11) is 6.01. The Hall–Kier alpha value is 0.133. The number of rotatable bonds is 1. The van der Waals surface area contributed by atoms with E-state index in [0.717, 1.165) is 0 Å². The van der Waals surface area contributed by atoms with E-state index in [1.165, 1.54) is 4.16 Å². The van der Waals surface area contributed by atoms with E-state index in [1.807, 2.05) is 18.2 Å². The summed E-state index contributed by atoms with van der Waals surface area (Å²) in [6, 6.07) is 10.4. The van der Waals surface area contributed by atoms with E-state index >= 15 is 0 Å². The van der Waals surface area contributed by atoms with E-state index in [1.54, 1.807) is 0 Å². The van der Waals surface area contributed by atoms with Gasteiger partial charge < -0.3 is 0 Å². The van der Waals surface area contributed by atoms with Crippen LogP contribution in [0.15, 0.2) is 30.3 Å². The maximum absolute atomic E-state index is 6.01. The molecule has 0 aliphatic heterocycles. The van der Waals surface area contributed by atoms with Gasteiger partial charge in [-0.05, 0) is 0 Å². The number of benzene rings is 1. The van der Waals surface area contributed by atoms with Gasteiger partial charge in [-0.25, -0.2) is 0 Å². The Kier molecular flexibility index (Phi) is 2.69. The van der Waals surface area contributed by atoms with Crippen molar-refractivity contribution in [1.29, 1.82) is 0 Å². The Morgan fingerprint density at radius 2 is 1.78 bits per heavy atom. The molecular formula is C7H8ClZn. The summed E-state index contributed by atoms with van der Waals surface area (Å²) in [4.78, 5) is 0. The van der Waals surface area contributed by atoms with Crippen molar-refractivity contribution in [1.82, 2.24) is 0 Å². The fourth-order valence-electron chi connectivity index (χ4n) is 0.803. The Morgan fingerprint density at radius 1 is 1.22 bits per heavy atom.